The summed E-state index contributed by atoms with van der Waals surface area (Å²) in [5.41, 5.74) is 3.48. The van der Waals surface area contributed by atoms with E-state index in [0.29, 0.717) is 10.6 Å². The Labute approximate surface area is 142 Å². The molecule has 1 aliphatic carbocycles. The summed E-state index contributed by atoms with van der Waals surface area (Å²) in [4.78, 5) is 25.2. The first-order valence-corrected chi connectivity index (χ1v) is 8.27. The van der Waals surface area contributed by atoms with Crippen LogP contribution >= 0.6 is 11.6 Å². The molecule has 5 heteroatoms. The largest absolute Gasteiger partial charge is 0.269 e. The van der Waals surface area contributed by atoms with Gasteiger partial charge in [0.05, 0.1) is 5.54 Å². The first kappa shape index (κ1) is 17.5. The lowest BCUT2D eigenvalue weighted by molar-refractivity contribution is -0.135. The SMILES string of the molecule is CC(C)(C)N(NC(=O)c1ccc(Cl)cc1)C(=O)C1=CCCCC1. The summed E-state index contributed by atoms with van der Waals surface area (Å²) in [5.74, 6) is -0.444. The Morgan fingerprint density at radius 3 is 2.30 bits per heavy atom. The molecule has 124 valence electrons. The van der Waals surface area contributed by atoms with Gasteiger partial charge in [0, 0.05) is 16.2 Å². The molecule has 4 nitrogen and oxygen atoms in total. The van der Waals surface area contributed by atoms with Crippen molar-refractivity contribution >= 4 is 23.4 Å². The number of hydrogen-bond acceptors (Lipinski definition) is 2. The lowest BCUT2D eigenvalue weighted by Gasteiger charge is -2.36. The molecule has 2 amide bonds. The Bertz CT molecular complexity index is 615. The van der Waals surface area contributed by atoms with E-state index in [2.05, 4.69) is 5.43 Å². The van der Waals surface area contributed by atoms with Crippen LogP contribution in [-0.4, -0.2) is 22.4 Å². The number of nitrogens with zero attached hydrogens (tertiary/aromatic N) is 1. The fourth-order valence-corrected chi connectivity index (χ4v) is 2.59. The molecule has 1 N–H and O–H groups in total. The highest BCUT2D eigenvalue weighted by Gasteiger charge is 2.30. The molecular weight excluding hydrogens is 312 g/mol. The van der Waals surface area contributed by atoms with Gasteiger partial charge in [0.25, 0.3) is 11.8 Å². The third kappa shape index (κ3) is 4.58. The number of carbonyl (C=O) groups excluding carboxylic acids is 2. The molecule has 0 heterocycles. The molecule has 1 aromatic carbocycles. The topological polar surface area (TPSA) is 49.4 Å². The predicted octanol–water partition coefficient (Wildman–Crippen LogP) is 4.11. The second kappa shape index (κ2) is 7.18. The van der Waals surface area contributed by atoms with E-state index in [1.165, 1.54) is 5.01 Å². The van der Waals surface area contributed by atoms with Gasteiger partial charge in [-0.2, -0.15) is 0 Å². The normalized spacial score (nSPS) is 14.9. The molecule has 0 aromatic heterocycles. The highest BCUT2D eigenvalue weighted by atomic mass is 35.5. The molecule has 0 aliphatic heterocycles. The fraction of sp³-hybridized carbons (Fsp3) is 0.444. The van der Waals surface area contributed by atoms with Crippen molar-refractivity contribution in [3.63, 3.8) is 0 Å². The number of hydrazine groups is 1. The van der Waals surface area contributed by atoms with Crippen molar-refractivity contribution in [3.05, 3.63) is 46.5 Å². The van der Waals surface area contributed by atoms with Gasteiger partial charge in [0.1, 0.15) is 0 Å². The van der Waals surface area contributed by atoms with E-state index in [-0.39, 0.29) is 11.8 Å². The summed E-state index contributed by atoms with van der Waals surface area (Å²) < 4.78 is 0. The van der Waals surface area contributed by atoms with Gasteiger partial charge >= 0.3 is 0 Å². The van der Waals surface area contributed by atoms with Crippen LogP contribution in [-0.2, 0) is 4.79 Å². The van der Waals surface area contributed by atoms with E-state index >= 15 is 0 Å². The zero-order valence-corrected chi connectivity index (χ0v) is 14.6. The molecular formula is C18H23ClN2O2. The van der Waals surface area contributed by atoms with Crippen LogP contribution in [0.2, 0.25) is 5.02 Å². The maximum absolute atomic E-state index is 12.8. The van der Waals surface area contributed by atoms with E-state index in [0.717, 1.165) is 31.3 Å². The molecule has 23 heavy (non-hydrogen) atoms. The van der Waals surface area contributed by atoms with Crippen molar-refractivity contribution < 1.29 is 9.59 Å². The smallest absolute Gasteiger partial charge is 0.268 e. The van der Waals surface area contributed by atoms with E-state index in [1.54, 1.807) is 24.3 Å². The second-order valence-corrected chi connectivity index (χ2v) is 7.17. The minimum absolute atomic E-state index is 0.125. The average molecular weight is 335 g/mol. The standard InChI is InChI=1S/C18H23ClN2O2/c1-18(2,3)21(17(23)14-7-5-4-6-8-14)20-16(22)13-9-11-15(19)12-10-13/h7,9-12H,4-6,8H2,1-3H3,(H,20,22). The van der Waals surface area contributed by atoms with Gasteiger partial charge < -0.3 is 0 Å². The molecule has 0 radical (unpaired) electrons. The van der Waals surface area contributed by atoms with Crippen LogP contribution < -0.4 is 5.43 Å². The van der Waals surface area contributed by atoms with Gasteiger partial charge in [0.2, 0.25) is 0 Å². The Hall–Kier alpha value is -1.81. The average Bonchev–Trinajstić information content (AvgIpc) is 2.52. The molecule has 0 saturated carbocycles. The number of allylic oxidation sites excluding steroid dienone is 1. The van der Waals surface area contributed by atoms with Crippen LogP contribution in [0.15, 0.2) is 35.9 Å². The monoisotopic (exact) mass is 334 g/mol. The third-order valence-corrected chi connectivity index (χ3v) is 4.01. The zero-order chi connectivity index (χ0) is 17.0. The van der Waals surface area contributed by atoms with Crippen molar-refractivity contribution in [1.29, 1.82) is 0 Å². The number of carbonyl (C=O) groups is 2. The Morgan fingerprint density at radius 1 is 1.13 bits per heavy atom. The summed E-state index contributed by atoms with van der Waals surface area (Å²) in [7, 11) is 0. The minimum atomic E-state index is -0.516. The van der Waals surface area contributed by atoms with Crippen LogP contribution in [0.5, 0.6) is 0 Å². The number of nitrogens with one attached hydrogen (secondary N) is 1. The van der Waals surface area contributed by atoms with Crippen LogP contribution in [0.1, 0.15) is 56.8 Å². The number of hydrogen-bond donors (Lipinski definition) is 1. The molecule has 0 atom stereocenters. The highest BCUT2D eigenvalue weighted by molar-refractivity contribution is 6.30. The summed E-state index contributed by atoms with van der Waals surface area (Å²) >= 11 is 5.84. The molecule has 0 unspecified atom stereocenters. The van der Waals surface area contributed by atoms with Crippen LogP contribution in [0.3, 0.4) is 0 Å². The van der Waals surface area contributed by atoms with Crippen LogP contribution in [0.25, 0.3) is 0 Å². The summed E-state index contributed by atoms with van der Waals surface area (Å²) in [5, 5.41) is 2.00. The summed E-state index contributed by atoms with van der Waals surface area (Å²) in [6.45, 7) is 5.70. The Balaban J connectivity index is 2.19. The van der Waals surface area contributed by atoms with Gasteiger partial charge in [-0.3, -0.25) is 15.0 Å². The zero-order valence-electron chi connectivity index (χ0n) is 13.9. The van der Waals surface area contributed by atoms with E-state index in [1.807, 2.05) is 26.8 Å². The van der Waals surface area contributed by atoms with Crippen molar-refractivity contribution in [2.24, 2.45) is 0 Å². The number of amides is 2. The number of halogens is 1. The summed E-state index contributed by atoms with van der Waals surface area (Å²) in [6, 6.07) is 6.60. The molecule has 0 fully saturated rings. The minimum Gasteiger partial charge on any atom is -0.268 e. The number of rotatable bonds is 2. The maximum Gasteiger partial charge on any atom is 0.269 e. The van der Waals surface area contributed by atoms with Crippen LogP contribution in [0, 0.1) is 0 Å². The Kier molecular flexibility index (Phi) is 5.47. The van der Waals surface area contributed by atoms with Gasteiger partial charge in [-0.15, -0.1) is 0 Å². The predicted molar refractivity (Wildman–Crippen MR) is 92.1 cm³/mol. The van der Waals surface area contributed by atoms with Crippen LogP contribution in [0.4, 0.5) is 0 Å². The quantitative estimate of drug-likeness (QED) is 0.827. The fourth-order valence-electron chi connectivity index (χ4n) is 2.47. The first-order valence-electron chi connectivity index (χ1n) is 7.89. The third-order valence-electron chi connectivity index (χ3n) is 3.76. The molecule has 1 aromatic rings. The van der Waals surface area contributed by atoms with Crippen molar-refractivity contribution in [2.75, 3.05) is 0 Å². The van der Waals surface area contributed by atoms with Crippen molar-refractivity contribution in [2.45, 2.75) is 52.0 Å². The molecule has 0 spiro atoms. The lowest BCUT2D eigenvalue weighted by atomic mass is 9.97. The highest BCUT2D eigenvalue weighted by Crippen LogP contribution is 2.22. The second-order valence-electron chi connectivity index (χ2n) is 6.73. The molecule has 1 aliphatic rings. The summed E-state index contributed by atoms with van der Waals surface area (Å²) in [6.07, 6.45) is 5.80. The lowest BCUT2D eigenvalue weighted by Crippen LogP contribution is -2.56. The van der Waals surface area contributed by atoms with Gasteiger partial charge in [-0.1, -0.05) is 17.7 Å². The Morgan fingerprint density at radius 2 is 1.78 bits per heavy atom. The molecule has 2 rings (SSSR count). The van der Waals surface area contributed by atoms with Gasteiger partial charge in [-0.25, -0.2) is 5.01 Å². The molecule has 0 bridgehead atoms. The van der Waals surface area contributed by atoms with Gasteiger partial charge in [-0.05, 0) is 70.7 Å². The number of benzene rings is 1. The molecule has 0 saturated heterocycles. The van der Waals surface area contributed by atoms with Crippen molar-refractivity contribution in [1.82, 2.24) is 10.4 Å². The van der Waals surface area contributed by atoms with E-state index in [4.69, 9.17) is 11.6 Å². The van der Waals surface area contributed by atoms with Crippen molar-refractivity contribution in [3.8, 4) is 0 Å². The first-order chi connectivity index (χ1) is 10.8. The van der Waals surface area contributed by atoms with E-state index < -0.39 is 5.54 Å². The van der Waals surface area contributed by atoms with Gasteiger partial charge in [0.15, 0.2) is 0 Å². The van der Waals surface area contributed by atoms with E-state index in [9.17, 15) is 9.59 Å². The maximum atomic E-state index is 12.8.